The third-order valence-corrected chi connectivity index (χ3v) is 3.78. The first kappa shape index (κ1) is 14.0. The van der Waals surface area contributed by atoms with Crippen LogP contribution in [0, 0.1) is 0 Å². The molecule has 0 radical (unpaired) electrons. The number of rotatable bonds is 4. The van der Waals surface area contributed by atoms with Gasteiger partial charge in [-0.3, -0.25) is 4.90 Å². The molecule has 1 aromatic rings. The zero-order chi connectivity index (χ0) is 13.9. The highest BCUT2D eigenvalue weighted by molar-refractivity contribution is 5.87. The van der Waals surface area contributed by atoms with Crippen molar-refractivity contribution in [3.8, 4) is 0 Å². The van der Waals surface area contributed by atoms with Gasteiger partial charge < -0.3 is 10.4 Å². The molecular weight excluding hydrogens is 240 g/mol. The molecule has 2 rings (SSSR count). The second kappa shape index (κ2) is 5.72. The van der Waals surface area contributed by atoms with E-state index >= 15 is 0 Å². The summed E-state index contributed by atoms with van der Waals surface area (Å²) in [5, 5.41) is 12.4. The number of piperazine rings is 1. The largest absolute Gasteiger partial charge is 0.478 e. The number of hydrogen-bond donors (Lipinski definition) is 2. The Bertz CT molecular complexity index is 451. The second-order valence-corrected chi connectivity index (χ2v) is 5.73. The molecule has 1 aromatic carbocycles. The Balaban J connectivity index is 2.10. The number of hydrogen-bond acceptors (Lipinski definition) is 3. The van der Waals surface area contributed by atoms with Gasteiger partial charge in [0, 0.05) is 31.7 Å². The summed E-state index contributed by atoms with van der Waals surface area (Å²) in [6.45, 7) is 8.60. The van der Waals surface area contributed by atoms with E-state index in [0.717, 1.165) is 38.2 Å². The van der Waals surface area contributed by atoms with E-state index in [9.17, 15) is 4.79 Å². The lowest BCUT2D eigenvalue weighted by Crippen LogP contribution is -2.54. The normalized spacial score (nSPS) is 17.4. The van der Waals surface area contributed by atoms with Crippen LogP contribution in [0.5, 0.6) is 0 Å². The molecule has 2 N–H and O–H groups in total. The van der Waals surface area contributed by atoms with E-state index in [4.69, 9.17) is 5.11 Å². The molecule has 1 fully saturated rings. The minimum absolute atomic E-state index is 0.0548. The SMILES string of the molecule is CC(C)(Cc1cccc(C(=O)O)c1)N1CCNCC1. The first-order chi connectivity index (χ1) is 8.99. The van der Waals surface area contributed by atoms with E-state index in [2.05, 4.69) is 24.1 Å². The van der Waals surface area contributed by atoms with Gasteiger partial charge >= 0.3 is 5.97 Å². The average Bonchev–Trinajstić information content (AvgIpc) is 2.39. The van der Waals surface area contributed by atoms with E-state index in [1.807, 2.05) is 12.1 Å². The number of carbonyl (C=O) groups is 1. The monoisotopic (exact) mass is 262 g/mol. The van der Waals surface area contributed by atoms with Gasteiger partial charge in [-0.15, -0.1) is 0 Å². The zero-order valence-corrected chi connectivity index (χ0v) is 11.6. The van der Waals surface area contributed by atoms with Gasteiger partial charge in [0.2, 0.25) is 0 Å². The fourth-order valence-electron chi connectivity index (χ4n) is 2.70. The third kappa shape index (κ3) is 3.55. The summed E-state index contributed by atoms with van der Waals surface area (Å²) in [6.07, 6.45) is 0.869. The van der Waals surface area contributed by atoms with Crippen molar-refractivity contribution < 1.29 is 9.90 Å². The summed E-state index contributed by atoms with van der Waals surface area (Å²) >= 11 is 0. The van der Waals surface area contributed by atoms with Crippen LogP contribution in [0.15, 0.2) is 24.3 Å². The molecular formula is C15H22N2O2. The van der Waals surface area contributed by atoms with Crippen LogP contribution in [0.3, 0.4) is 0 Å². The van der Waals surface area contributed by atoms with Crippen LogP contribution >= 0.6 is 0 Å². The number of carboxylic acid groups (broad SMARTS) is 1. The first-order valence-electron chi connectivity index (χ1n) is 6.77. The van der Waals surface area contributed by atoms with Gasteiger partial charge in [0.15, 0.2) is 0 Å². The summed E-state index contributed by atoms with van der Waals surface area (Å²) in [4.78, 5) is 13.5. The molecule has 0 aliphatic carbocycles. The van der Waals surface area contributed by atoms with Crippen molar-refractivity contribution in [1.82, 2.24) is 10.2 Å². The van der Waals surface area contributed by atoms with Crippen molar-refractivity contribution in [3.05, 3.63) is 35.4 Å². The fraction of sp³-hybridized carbons (Fsp3) is 0.533. The minimum Gasteiger partial charge on any atom is -0.478 e. The number of aromatic carboxylic acids is 1. The summed E-state index contributed by atoms with van der Waals surface area (Å²) in [6, 6.07) is 7.26. The van der Waals surface area contributed by atoms with Gasteiger partial charge in [0.25, 0.3) is 0 Å². The summed E-state index contributed by atoms with van der Waals surface area (Å²) < 4.78 is 0. The molecule has 19 heavy (non-hydrogen) atoms. The molecule has 104 valence electrons. The molecule has 0 unspecified atom stereocenters. The summed E-state index contributed by atoms with van der Waals surface area (Å²) in [5.41, 5.74) is 1.51. The molecule has 0 aromatic heterocycles. The van der Waals surface area contributed by atoms with Crippen molar-refractivity contribution in [2.24, 2.45) is 0 Å². The van der Waals surface area contributed by atoms with Crippen LogP contribution in [0.25, 0.3) is 0 Å². The number of benzene rings is 1. The highest BCUT2D eigenvalue weighted by atomic mass is 16.4. The lowest BCUT2D eigenvalue weighted by molar-refractivity contribution is 0.0696. The van der Waals surface area contributed by atoms with E-state index < -0.39 is 5.97 Å². The Morgan fingerprint density at radius 2 is 2.05 bits per heavy atom. The van der Waals surface area contributed by atoms with Gasteiger partial charge in [-0.2, -0.15) is 0 Å². The van der Waals surface area contributed by atoms with Crippen LogP contribution in [-0.4, -0.2) is 47.7 Å². The van der Waals surface area contributed by atoms with Gasteiger partial charge in [-0.1, -0.05) is 12.1 Å². The predicted molar refractivity (Wildman–Crippen MR) is 75.6 cm³/mol. The Hall–Kier alpha value is -1.39. The zero-order valence-electron chi connectivity index (χ0n) is 11.6. The molecule has 1 heterocycles. The maximum absolute atomic E-state index is 11.0. The van der Waals surface area contributed by atoms with Crippen molar-refractivity contribution in [2.45, 2.75) is 25.8 Å². The minimum atomic E-state index is -0.859. The van der Waals surface area contributed by atoms with Crippen LogP contribution in [0.1, 0.15) is 29.8 Å². The van der Waals surface area contributed by atoms with Crippen molar-refractivity contribution >= 4 is 5.97 Å². The van der Waals surface area contributed by atoms with Gasteiger partial charge in [-0.25, -0.2) is 4.79 Å². The molecule has 0 saturated carbocycles. The smallest absolute Gasteiger partial charge is 0.335 e. The summed E-state index contributed by atoms with van der Waals surface area (Å²) in [7, 11) is 0. The maximum Gasteiger partial charge on any atom is 0.335 e. The molecule has 0 bridgehead atoms. The standard InChI is InChI=1S/C15H22N2O2/c1-15(2,17-8-6-16-7-9-17)11-12-4-3-5-13(10-12)14(18)19/h3-5,10,16H,6-9,11H2,1-2H3,(H,18,19). The molecule has 4 heteroatoms. The van der Waals surface area contributed by atoms with E-state index in [-0.39, 0.29) is 5.54 Å². The van der Waals surface area contributed by atoms with E-state index in [1.165, 1.54) is 0 Å². The number of nitrogens with one attached hydrogen (secondary N) is 1. The van der Waals surface area contributed by atoms with Gasteiger partial charge in [0.05, 0.1) is 5.56 Å². The average molecular weight is 262 g/mol. The Morgan fingerprint density at radius 1 is 1.37 bits per heavy atom. The summed E-state index contributed by atoms with van der Waals surface area (Å²) in [5.74, 6) is -0.859. The van der Waals surface area contributed by atoms with Crippen molar-refractivity contribution in [1.29, 1.82) is 0 Å². The van der Waals surface area contributed by atoms with E-state index in [0.29, 0.717) is 5.56 Å². The van der Waals surface area contributed by atoms with Crippen LogP contribution in [0.2, 0.25) is 0 Å². The predicted octanol–water partition coefficient (Wildman–Crippen LogP) is 1.61. The highest BCUT2D eigenvalue weighted by Gasteiger charge is 2.28. The number of carboxylic acids is 1. The molecule has 0 spiro atoms. The van der Waals surface area contributed by atoms with Crippen LogP contribution < -0.4 is 5.32 Å². The maximum atomic E-state index is 11.0. The molecule has 0 atom stereocenters. The topological polar surface area (TPSA) is 52.6 Å². The molecule has 1 aliphatic heterocycles. The van der Waals surface area contributed by atoms with Crippen LogP contribution in [-0.2, 0) is 6.42 Å². The van der Waals surface area contributed by atoms with Gasteiger partial charge in [0.1, 0.15) is 0 Å². The Labute approximate surface area is 114 Å². The van der Waals surface area contributed by atoms with E-state index in [1.54, 1.807) is 12.1 Å². The Morgan fingerprint density at radius 3 is 2.68 bits per heavy atom. The lowest BCUT2D eigenvalue weighted by Gasteiger charge is -2.41. The van der Waals surface area contributed by atoms with Crippen molar-refractivity contribution in [3.63, 3.8) is 0 Å². The fourth-order valence-corrected chi connectivity index (χ4v) is 2.70. The van der Waals surface area contributed by atoms with Crippen LogP contribution in [0.4, 0.5) is 0 Å². The van der Waals surface area contributed by atoms with Crippen molar-refractivity contribution in [2.75, 3.05) is 26.2 Å². The Kier molecular flexibility index (Phi) is 4.22. The first-order valence-corrected chi connectivity index (χ1v) is 6.77. The molecule has 1 saturated heterocycles. The van der Waals surface area contributed by atoms with Gasteiger partial charge in [-0.05, 0) is 38.0 Å². The molecule has 4 nitrogen and oxygen atoms in total. The molecule has 1 aliphatic rings. The third-order valence-electron chi connectivity index (χ3n) is 3.78. The highest BCUT2D eigenvalue weighted by Crippen LogP contribution is 2.21. The quantitative estimate of drug-likeness (QED) is 0.865. The lowest BCUT2D eigenvalue weighted by atomic mass is 9.91. The molecule has 0 amide bonds. The second-order valence-electron chi connectivity index (χ2n) is 5.73. The number of nitrogens with zero attached hydrogens (tertiary/aromatic N) is 1.